The predicted octanol–water partition coefficient (Wildman–Crippen LogP) is 0.992. The van der Waals surface area contributed by atoms with Crippen LogP contribution in [0.15, 0.2) is 36.0 Å². The standard InChI is InChI=1S/C15H16O8/c1-2-11(16)23-7-3-5-15(14(21)22)6-4-9(12(17)18)10(8-15)13(19)20/h2,4,6H,1,3,5,7-8H2,(H,17,18)(H,19,20)(H,21,22). The van der Waals surface area contributed by atoms with Crippen LogP contribution in [-0.2, 0) is 23.9 Å². The second-order valence-corrected chi connectivity index (χ2v) is 4.95. The van der Waals surface area contributed by atoms with Crippen molar-refractivity contribution >= 4 is 23.9 Å². The van der Waals surface area contributed by atoms with Gasteiger partial charge in [0, 0.05) is 6.08 Å². The highest BCUT2D eigenvalue weighted by atomic mass is 16.5. The minimum absolute atomic E-state index is 0.00701. The number of hydrogen-bond acceptors (Lipinski definition) is 5. The maximum atomic E-state index is 11.6. The van der Waals surface area contributed by atoms with Crippen LogP contribution in [0, 0.1) is 5.41 Å². The number of esters is 1. The molecule has 0 heterocycles. The highest BCUT2D eigenvalue weighted by Crippen LogP contribution is 2.39. The fourth-order valence-electron chi connectivity index (χ4n) is 2.25. The summed E-state index contributed by atoms with van der Waals surface area (Å²) in [5, 5.41) is 27.5. The molecule has 0 saturated heterocycles. The van der Waals surface area contributed by atoms with Gasteiger partial charge in [0.05, 0.1) is 23.2 Å². The molecule has 8 heteroatoms. The van der Waals surface area contributed by atoms with Gasteiger partial charge in [-0.1, -0.05) is 12.7 Å². The van der Waals surface area contributed by atoms with Crippen LogP contribution in [0.1, 0.15) is 19.3 Å². The Labute approximate surface area is 131 Å². The largest absolute Gasteiger partial charge is 0.481 e. The third-order valence-electron chi connectivity index (χ3n) is 3.48. The second kappa shape index (κ2) is 7.39. The lowest BCUT2D eigenvalue weighted by atomic mass is 9.73. The lowest BCUT2D eigenvalue weighted by molar-refractivity contribution is -0.147. The Bertz CT molecular complexity index is 613. The van der Waals surface area contributed by atoms with Crippen molar-refractivity contribution in [1.29, 1.82) is 0 Å². The fourth-order valence-corrected chi connectivity index (χ4v) is 2.25. The van der Waals surface area contributed by atoms with Crippen molar-refractivity contribution in [2.24, 2.45) is 5.41 Å². The van der Waals surface area contributed by atoms with Crippen molar-refractivity contribution in [2.45, 2.75) is 19.3 Å². The molecular weight excluding hydrogens is 308 g/mol. The molecule has 0 bridgehead atoms. The van der Waals surface area contributed by atoms with E-state index in [1.54, 1.807) is 0 Å². The number of hydrogen-bond donors (Lipinski definition) is 3. The third-order valence-corrected chi connectivity index (χ3v) is 3.48. The van der Waals surface area contributed by atoms with Gasteiger partial charge in [0.1, 0.15) is 0 Å². The summed E-state index contributed by atoms with van der Waals surface area (Å²) < 4.78 is 4.74. The number of carboxylic acid groups (broad SMARTS) is 3. The summed E-state index contributed by atoms with van der Waals surface area (Å²) in [5.41, 5.74) is -2.45. The summed E-state index contributed by atoms with van der Waals surface area (Å²) in [4.78, 5) is 44.7. The molecule has 0 fully saturated rings. The van der Waals surface area contributed by atoms with E-state index in [-0.39, 0.29) is 19.4 Å². The molecule has 3 N–H and O–H groups in total. The molecule has 1 aliphatic carbocycles. The molecule has 1 unspecified atom stereocenters. The molecule has 0 aromatic rings. The van der Waals surface area contributed by atoms with Gasteiger partial charge in [-0.05, 0) is 25.3 Å². The van der Waals surface area contributed by atoms with Crippen LogP contribution in [-0.4, -0.2) is 45.8 Å². The maximum absolute atomic E-state index is 11.6. The predicted molar refractivity (Wildman–Crippen MR) is 76.5 cm³/mol. The first-order valence-electron chi connectivity index (χ1n) is 6.65. The molecule has 8 nitrogen and oxygen atoms in total. The van der Waals surface area contributed by atoms with Gasteiger partial charge >= 0.3 is 23.9 Å². The highest BCUT2D eigenvalue weighted by Gasteiger charge is 2.41. The lowest BCUT2D eigenvalue weighted by Gasteiger charge is -2.29. The smallest absolute Gasteiger partial charge is 0.336 e. The number of carboxylic acids is 3. The van der Waals surface area contributed by atoms with E-state index in [9.17, 15) is 24.3 Å². The van der Waals surface area contributed by atoms with Gasteiger partial charge < -0.3 is 20.1 Å². The Balaban J connectivity index is 2.92. The van der Waals surface area contributed by atoms with E-state index < -0.39 is 46.9 Å². The highest BCUT2D eigenvalue weighted by molar-refractivity contribution is 6.02. The van der Waals surface area contributed by atoms with Crippen LogP contribution in [0.25, 0.3) is 0 Å². The number of ether oxygens (including phenoxy) is 1. The minimum atomic E-state index is -1.55. The summed E-state index contributed by atoms with van der Waals surface area (Å²) in [6.07, 6.45) is 2.86. The van der Waals surface area contributed by atoms with Gasteiger partial charge in [0.15, 0.2) is 0 Å². The van der Waals surface area contributed by atoms with Crippen LogP contribution in [0.3, 0.4) is 0 Å². The van der Waals surface area contributed by atoms with Crippen molar-refractivity contribution < 1.29 is 39.2 Å². The summed E-state index contributed by atoms with van der Waals surface area (Å²) in [6, 6.07) is 0. The second-order valence-electron chi connectivity index (χ2n) is 4.95. The van der Waals surface area contributed by atoms with Crippen molar-refractivity contribution in [2.75, 3.05) is 6.61 Å². The topological polar surface area (TPSA) is 138 Å². The quantitative estimate of drug-likeness (QED) is 0.341. The van der Waals surface area contributed by atoms with Crippen molar-refractivity contribution in [3.8, 4) is 0 Å². The number of rotatable bonds is 8. The van der Waals surface area contributed by atoms with Gasteiger partial charge in [-0.25, -0.2) is 14.4 Å². The van der Waals surface area contributed by atoms with E-state index in [1.165, 1.54) is 6.08 Å². The van der Waals surface area contributed by atoms with Gasteiger partial charge in [0.25, 0.3) is 0 Å². The molecule has 0 aromatic heterocycles. The molecule has 1 atom stereocenters. The van der Waals surface area contributed by atoms with Crippen molar-refractivity contribution in [3.63, 3.8) is 0 Å². The van der Waals surface area contributed by atoms with E-state index in [0.29, 0.717) is 0 Å². The molecule has 0 spiro atoms. The molecule has 0 radical (unpaired) electrons. The lowest BCUT2D eigenvalue weighted by Crippen LogP contribution is -2.34. The Morgan fingerprint density at radius 3 is 2.35 bits per heavy atom. The summed E-state index contributed by atoms with van der Waals surface area (Å²) in [6.45, 7) is 3.17. The van der Waals surface area contributed by atoms with E-state index in [1.807, 2.05) is 0 Å². The first kappa shape index (κ1) is 18.1. The van der Waals surface area contributed by atoms with Crippen LogP contribution in [0.2, 0.25) is 0 Å². The Hall–Kier alpha value is -2.90. The van der Waals surface area contributed by atoms with Gasteiger partial charge in [0.2, 0.25) is 0 Å². The van der Waals surface area contributed by atoms with Crippen LogP contribution < -0.4 is 0 Å². The SMILES string of the molecule is C=CC(=O)OCCCC1(C(=O)O)C=CC(C(=O)O)=C(C(=O)O)C1. The normalized spacial score (nSPS) is 20.0. The van der Waals surface area contributed by atoms with Crippen molar-refractivity contribution in [3.05, 3.63) is 36.0 Å². The first-order valence-corrected chi connectivity index (χ1v) is 6.65. The Morgan fingerprint density at radius 2 is 1.87 bits per heavy atom. The summed E-state index contributed by atoms with van der Waals surface area (Å²) in [5.74, 6) is -4.83. The molecular formula is C15H16O8. The average molecular weight is 324 g/mol. The third kappa shape index (κ3) is 4.29. The van der Waals surface area contributed by atoms with Crippen LogP contribution in [0.4, 0.5) is 0 Å². The Morgan fingerprint density at radius 1 is 1.22 bits per heavy atom. The van der Waals surface area contributed by atoms with E-state index in [2.05, 4.69) is 6.58 Å². The van der Waals surface area contributed by atoms with Gasteiger partial charge in [-0.15, -0.1) is 0 Å². The van der Waals surface area contributed by atoms with Crippen LogP contribution in [0.5, 0.6) is 0 Å². The molecule has 1 rings (SSSR count). The zero-order valence-electron chi connectivity index (χ0n) is 12.2. The zero-order chi connectivity index (χ0) is 17.6. The van der Waals surface area contributed by atoms with Crippen molar-refractivity contribution in [1.82, 2.24) is 0 Å². The maximum Gasteiger partial charge on any atom is 0.336 e. The average Bonchev–Trinajstić information content (AvgIpc) is 2.50. The zero-order valence-corrected chi connectivity index (χ0v) is 12.2. The minimum Gasteiger partial charge on any atom is -0.481 e. The van der Waals surface area contributed by atoms with Gasteiger partial charge in [-0.2, -0.15) is 0 Å². The summed E-state index contributed by atoms with van der Waals surface area (Å²) in [7, 11) is 0. The molecule has 0 aliphatic heterocycles. The van der Waals surface area contributed by atoms with Gasteiger partial charge in [-0.3, -0.25) is 4.79 Å². The molecule has 23 heavy (non-hydrogen) atoms. The van der Waals surface area contributed by atoms with Crippen LogP contribution >= 0.6 is 0 Å². The van der Waals surface area contributed by atoms with E-state index >= 15 is 0 Å². The van der Waals surface area contributed by atoms with E-state index in [0.717, 1.165) is 12.2 Å². The summed E-state index contributed by atoms with van der Waals surface area (Å²) >= 11 is 0. The Kier molecular flexibility index (Phi) is 5.83. The molecule has 0 saturated carbocycles. The fraction of sp³-hybridized carbons (Fsp3) is 0.333. The number of aliphatic carboxylic acids is 3. The number of carbonyl (C=O) groups is 4. The van der Waals surface area contributed by atoms with E-state index in [4.69, 9.17) is 14.9 Å². The first-order chi connectivity index (χ1) is 10.7. The molecule has 1 aliphatic rings. The monoisotopic (exact) mass is 324 g/mol. The number of carbonyl (C=O) groups excluding carboxylic acids is 1. The molecule has 124 valence electrons. The molecule has 0 amide bonds. The molecule has 0 aromatic carbocycles.